The molecule has 0 saturated carbocycles. The lowest BCUT2D eigenvalue weighted by Gasteiger charge is -2.19. The molecule has 2 heterocycles. The summed E-state index contributed by atoms with van der Waals surface area (Å²) in [5.41, 5.74) is 0.389. The van der Waals surface area contributed by atoms with E-state index in [0.29, 0.717) is 17.3 Å². The molecule has 2 aromatic heterocycles. The summed E-state index contributed by atoms with van der Waals surface area (Å²) in [4.78, 5) is 23.3. The molecule has 0 bridgehead atoms. The number of terminal acetylenes is 1. The fourth-order valence-electron chi connectivity index (χ4n) is 2.33. The van der Waals surface area contributed by atoms with Crippen LogP contribution < -0.4 is 10.1 Å². The summed E-state index contributed by atoms with van der Waals surface area (Å²) in [6.45, 7) is 2.05. The fraction of sp³-hybridized carbons (Fsp3) is 0.368. The maximum Gasteiger partial charge on any atom is 0.354 e. The molecule has 8 nitrogen and oxygen atoms in total. The van der Waals surface area contributed by atoms with Crippen LogP contribution in [0.1, 0.15) is 48.2 Å². The number of hydrogen-bond acceptors (Lipinski definition) is 7. The molecule has 1 atom stereocenters. The van der Waals surface area contributed by atoms with Gasteiger partial charge in [0.1, 0.15) is 12.3 Å². The number of anilines is 1. The van der Waals surface area contributed by atoms with E-state index in [4.69, 9.17) is 16.3 Å². The third-order valence-electron chi connectivity index (χ3n) is 3.75. The van der Waals surface area contributed by atoms with Crippen molar-refractivity contribution in [3.63, 3.8) is 0 Å². The molecule has 3 N–H and O–H groups in total. The van der Waals surface area contributed by atoms with Gasteiger partial charge < -0.3 is 20.3 Å². The van der Waals surface area contributed by atoms with E-state index in [2.05, 4.69) is 33.1 Å². The van der Waals surface area contributed by atoms with Crippen molar-refractivity contribution < 1.29 is 19.7 Å². The maximum absolute atomic E-state index is 11.0. The average Bonchev–Trinajstić information content (AvgIpc) is 2.70. The number of carboxylic acids is 1. The topological polar surface area (TPSA) is 117 Å². The van der Waals surface area contributed by atoms with Crippen LogP contribution in [0.2, 0.25) is 0 Å². The molecule has 142 valence electrons. The van der Waals surface area contributed by atoms with Crippen LogP contribution in [0.25, 0.3) is 0 Å². The molecule has 0 aliphatic carbocycles. The van der Waals surface area contributed by atoms with Crippen molar-refractivity contribution in [2.45, 2.75) is 38.8 Å². The summed E-state index contributed by atoms with van der Waals surface area (Å²) in [6, 6.07) is 4.47. The van der Waals surface area contributed by atoms with Gasteiger partial charge in [-0.3, -0.25) is 0 Å². The third-order valence-corrected chi connectivity index (χ3v) is 3.75. The number of nitrogens with zero attached hydrogens (tertiary/aromatic N) is 3. The molecule has 2 rings (SSSR count). The van der Waals surface area contributed by atoms with Crippen molar-refractivity contribution in [1.82, 2.24) is 15.0 Å². The van der Waals surface area contributed by atoms with Crippen molar-refractivity contribution in [3.8, 4) is 18.1 Å². The van der Waals surface area contributed by atoms with E-state index in [1.807, 2.05) is 0 Å². The quantitative estimate of drug-likeness (QED) is 0.544. The average molecular weight is 370 g/mol. The molecule has 0 amide bonds. The van der Waals surface area contributed by atoms with Crippen LogP contribution in [0.3, 0.4) is 0 Å². The summed E-state index contributed by atoms with van der Waals surface area (Å²) >= 11 is 0. The second-order valence-corrected chi connectivity index (χ2v) is 5.82. The Kier molecular flexibility index (Phi) is 7.52. The fourth-order valence-corrected chi connectivity index (χ4v) is 2.33. The minimum absolute atomic E-state index is 0.0350. The zero-order valence-corrected chi connectivity index (χ0v) is 15.1. The van der Waals surface area contributed by atoms with Gasteiger partial charge in [-0.25, -0.2) is 14.8 Å². The Bertz CT molecular complexity index is 820. The van der Waals surface area contributed by atoms with E-state index in [9.17, 15) is 9.90 Å². The second-order valence-electron chi connectivity index (χ2n) is 5.82. The number of carbonyl (C=O) groups is 1. The number of aliphatic hydroxyl groups is 1. The number of hydrogen-bond donors (Lipinski definition) is 3. The first-order chi connectivity index (χ1) is 13.1. The summed E-state index contributed by atoms with van der Waals surface area (Å²) in [7, 11) is 0. The van der Waals surface area contributed by atoms with Gasteiger partial charge >= 0.3 is 5.97 Å². The first-order valence-corrected chi connectivity index (χ1v) is 8.60. The Morgan fingerprint density at radius 1 is 1.41 bits per heavy atom. The van der Waals surface area contributed by atoms with Gasteiger partial charge in [-0.2, -0.15) is 4.98 Å². The number of carboxylic acid groups (broad SMARTS) is 1. The molecule has 0 fully saturated rings. The highest BCUT2D eigenvalue weighted by atomic mass is 16.5. The number of rotatable bonds is 10. The molecule has 0 spiro atoms. The molecule has 0 saturated heterocycles. The lowest BCUT2D eigenvalue weighted by atomic mass is 10.1. The highest BCUT2D eigenvalue weighted by molar-refractivity contribution is 5.85. The Morgan fingerprint density at radius 2 is 2.22 bits per heavy atom. The third kappa shape index (κ3) is 5.94. The van der Waals surface area contributed by atoms with E-state index in [1.54, 1.807) is 12.1 Å². The van der Waals surface area contributed by atoms with Gasteiger partial charge in [-0.05, 0) is 24.5 Å². The van der Waals surface area contributed by atoms with E-state index < -0.39 is 5.97 Å². The Hall–Kier alpha value is -3.18. The predicted molar refractivity (Wildman–Crippen MR) is 99.5 cm³/mol. The SMILES string of the molecule is C#Cc1ncc(OCc2cccc(C(=O)O)n2)c(N[C@H](CO)CCCC)n1. The zero-order valence-electron chi connectivity index (χ0n) is 15.1. The largest absolute Gasteiger partial charge is 0.482 e. The van der Waals surface area contributed by atoms with Crippen LogP contribution in [0.15, 0.2) is 24.4 Å². The van der Waals surface area contributed by atoms with Crippen LogP contribution >= 0.6 is 0 Å². The van der Waals surface area contributed by atoms with Crippen LogP contribution in [-0.4, -0.2) is 43.8 Å². The number of aliphatic hydroxyl groups excluding tert-OH is 1. The van der Waals surface area contributed by atoms with E-state index in [-0.39, 0.29) is 30.8 Å². The van der Waals surface area contributed by atoms with Gasteiger partial charge in [0.2, 0.25) is 5.82 Å². The number of nitrogens with one attached hydrogen (secondary N) is 1. The van der Waals surface area contributed by atoms with Gasteiger partial charge in [0.25, 0.3) is 0 Å². The van der Waals surface area contributed by atoms with Crippen LogP contribution in [0, 0.1) is 12.3 Å². The molecule has 0 unspecified atom stereocenters. The van der Waals surface area contributed by atoms with Gasteiger partial charge in [0.05, 0.1) is 24.5 Å². The predicted octanol–water partition coefficient (Wildman–Crippen LogP) is 2.09. The number of pyridine rings is 1. The van der Waals surface area contributed by atoms with Crippen molar-refractivity contribution in [1.29, 1.82) is 0 Å². The molecule has 2 aromatic rings. The van der Waals surface area contributed by atoms with E-state index in [0.717, 1.165) is 19.3 Å². The molecule has 0 aliphatic heterocycles. The number of unbranched alkanes of at least 4 members (excludes halogenated alkanes) is 1. The highest BCUT2D eigenvalue weighted by Crippen LogP contribution is 2.23. The van der Waals surface area contributed by atoms with E-state index >= 15 is 0 Å². The van der Waals surface area contributed by atoms with Gasteiger partial charge in [0.15, 0.2) is 11.6 Å². The highest BCUT2D eigenvalue weighted by Gasteiger charge is 2.14. The minimum atomic E-state index is -1.11. The van der Waals surface area contributed by atoms with Gasteiger partial charge in [-0.1, -0.05) is 25.8 Å². The van der Waals surface area contributed by atoms with Crippen LogP contribution in [0.4, 0.5) is 5.82 Å². The number of ether oxygens (including phenoxy) is 1. The summed E-state index contributed by atoms with van der Waals surface area (Å²) < 4.78 is 5.71. The Labute approximate surface area is 157 Å². The monoisotopic (exact) mass is 370 g/mol. The summed E-state index contributed by atoms with van der Waals surface area (Å²) in [6.07, 6.45) is 9.53. The standard InChI is InChI=1S/C19H22N4O4/c1-3-5-7-13(11-24)22-18-16(10-20-17(4-2)23-18)27-12-14-8-6-9-15(21-14)19(25)26/h2,6,8-10,13,24H,3,5,7,11-12H2,1H3,(H,25,26)(H,20,22,23)/t13-/m0/s1. The normalized spacial score (nSPS) is 11.4. The van der Waals surface area contributed by atoms with Crippen LogP contribution in [-0.2, 0) is 6.61 Å². The summed E-state index contributed by atoms with van der Waals surface area (Å²) in [5, 5.41) is 21.7. The molecule has 8 heteroatoms. The number of aromatic carboxylic acids is 1. The molecule has 0 aliphatic rings. The van der Waals surface area contributed by atoms with Crippen molar-refractivity contribution in [2.24, 2.45) is 0 Å². The van der Waals surface area contributed by atoms with Crippen LogP contribution in [0.5, 0.6) is 5.75 Å². The van der Waals surface area contributed by atoms with E-state index in [1.165, 1.54) is 12.3 Å². The second kappa shape index (κ2) is 10.1. The molecular formula is C19H22N4O4. The lowest BCUT2D eigenvalue weighted by Crippen LogP contribution is -2.25. The van der Waals surface area contributed by atoms with Crippen molar-refractivity contribution >= 4 is 11.8 Å². The minimum Gasteiger partial charge on any atom is -0.482 e. The Morgan fingerprint density at radius 3 is 2.89 bits per heavy atom. The van der Waals surface area contributed by atoms with Gasteiger partial charge in [-0.15, -0.1) is 6.42 Å². The summed E-state index contributed by atoms with van der Waals surface area (Å²) in [5.74, 6) is 2.17. The molecule has 0 radical (unpaired) electrons. The first-order valence-electron chi connectivity index (χ1n) is 8.60. The molecule has 27 heavy (non-hydrogen) atoms. The first kappa shape index (κ1) is 20.1. The van der Waals surface area contributed by atoms with Crippen molar-refractivity contribution in [2.75, 3.05) is 11.9 Å². The number of aromatic nitrogens is 3. The smallest absolute Gasteiger partial charge is 0.354 e. The Balaban J connectivity index is 2.17. The zero-order chi connectivity index (χ0) is 19.6. The van der Waals surface area contributed by atoms with Crippen molar-refractivity contribution in [3.05, 3.63) is 41.6 Å². The lowest BCUT2D eigenvalue weighted by molar-refractivity contribution is 0.0690. The van der Waals surface area contributed by atoms with Gasteiger partial charge in [0, 0.05) is 0 Å². The molecular weight excluding hydrogens is 348 g/mol. The maximum atomic E-state index is 11.0. The molecule has 0 aromatic carbocycles.